The first-order valence-electron chi connectivity index (χ1n) is 17.6. The van der Waals surface area contributed by atoms with Gasteiger partial charge in [-0.25, -0.2) is 0 Å². The van der Waals surface area contributed by atoms with Crippen LogP contribution >= 0.6 is 0 Å². The Balaban J connectivity index is 1.23. The Morgan fingerprint density at radius 3 is 1.81 bits per heavy atom. The van der Waals surface area contributed by atoms with Crippen LogP contribution in [0.3, 0.4) is 0 Å². The summed E-state index contributed by atoms with van der Waals surface area (Å²) in [6, 6.07) is 64.3. The van der Waals surface area contributed by atoms with Gasteiger partial charge in [0.25, 0.3) is 0 Å². The zero-order valence-electron chi connectivity index (χ0n) is 28.0. The fourth-order valence-corrected chi connectivity index (χ4v) is 8.08. The van der Waals surface area contributed by atoms with Crippen LogP contribution in [-0.4, -0.2) is 4.57 Å². The summed E-state index contributed by atoms with van der Waals surface area (Å²) >= 11 is 0. The Hall–Kier alpha value is -7.04. The normalized spacial score (nSPS) is 11.8. The summed E-state index contributed by atoms with van der Waals surface area (Å²) in [5.41, 5.74) is 12.2. The van der Waals surface area contributed by atoms with Gasteiger partial charge in [-0.3, -0.25) is 0 Å². The number of furan rings is 2. The van der Waals surface area contributed by atoms with E-state index in [1.807, 2.05) is 18.2 Å². The van der Waals surface area contributed by atoms with E-state index in [9.17, 15) is 0 Å². The number of benzene rings is 8. The molecule has 0 saturated heterocycles. The van der Waals surface area contributed by atoms with Gasteiger partial charge in [-0.15, -0.1) is 0 Å². The number of anilines is 3. The highest BCUT2D eigenvalue weighted by molar-refractivity contribution is 6.18. The molecule has 0 aliphatic carbocycles. The van der Waals surface area contributed by atoms with Gasteiger partial charge in [-0.05, 0) is 84.4 Å². The first-order chi connectivity index (χ1) is 25.8. The Kier molecular flexibility index (Phi) is 6.22. The van der Waals surface area contributed by atoms with Crippen molar-refractivity contribution in [2.75, 3.05) is 4.90 Å². The monoisotopic (exact) mass is 666 g/mol. The van der Waals surface area contributed by atoms with Crippen molar-refractivity contribution in [1.82, 2.24) is 4.57 Å². The molecular formula is C48H30N2O2. The molecule has 0 atom stereocenters. The molecule has 0 aliphatic heterocycles. The zero-order chi connectivity index (χ0) is 34.2. The van der Waals surface area contributed by atoms with Crippen molar-refractivity contribution in [3.63, 3.8) is 0 Å². The average molecular weight is 667 g/mol. The molecule has 11 rings (SSSR count). The standard InChI is InChI=1S/C48H30N2O2/c1-3-13-31(14-4-1)35-25-27-43(47-38-19-9-12-22-45(38)52-48(35)47)49(34-24-28-46-40(30-34)37-18-8-11-21-44(37)51-46)33-23-26-42-39(29-33)36-17-7-10-20-41(36)50(42)32-15-5-2-6-16-32/h1-30H. The Labute approximate surface area is 299 Å². The third kappa shape index (κ3) is 4.28. The van der Waals surface area contributed by atoms with Crippen molar-refractivity contribution in [3.8, 4) is 16.8 Å². The molecule has 0 N–H and O–H groups in total. The Morgan fingerprint density at radius 2 is 1.00 bits per heavy atom. The van der Waals surface area contributed by atoms with Gasteiger partial charge in [0, 0.05) is 49.6 Å². The Morgan fingerprint density at radius 1 is 0.404 bits per heavy atom. The number of nitrogens with zero attached hydrogens (tertiary/aromatic N) is 2. The zero-order valence-corrected chi connectivity index (χ0v) is 28.0. The lowest BCUT2D eigenvalue weighted by Crippen LogP contribution is -2.10. The quantitative estimate of drug-likeness (QED) is 0.183. The molecule has 4 heteroatoms. The molecule has 244 valence electrons. The van der Waals surface area contributed by atoms with Crippen molar-refractivity contribution in [2.45, 2.75) is 0 Å². The van der Waals surface area contributed by atoms with Gasteiger partial charge in [0.05, 0.1) is 22.1 Å². The van der Waals surface area contributed by atoms with Gasteiger partial charge < -0.3 is 18.3 Å². The van der Waals surface area contributed by atoms with E-state index in [-0.39, 0.29) is 0 Å². The smallest absolute Gasteiger partial charge is 0.145 e. The SMILES string of the molecule is c1ccc(-c2ccc(N(c3ccc4oc5ccccc5c4c3)c3ccc4c(c3)c3ccccc3n4-c3ccccc3)c3c2oc2ccccc23)cc1. The maximum atomic E-state index is 6.75. The van der Waals surface area contributed by atoms with Crippen molar-refractivity contribution < 1.29 is 8.83 Å². The number of hydrogen-bond acceptors (Lipinski definition) is 3. The van der Waals surface area contributed by atoms with Gasteiger partial charge in [0.15, 0.2) is 0 Å². The van der Waals surface area contributed by atoms with E-state index in [1.54, 1.807) is 0 Å². The van der Waals surface area contributed by atoms with Crippen molar-refractivity contribution in [3.05, 3.63) is 182 Å². The van der Waals surface area contributed by atoms with E-state index in [0.717, 1.165) is 83.3 Å². The summed E-state index contributed by atoms with van der Waals surface area (Å²) < 4.78 is 15.4. The van der Waals surface area contributed by atoms with Crippen LogP contribution in [0.25, 0.3) is 82.5 Å². The van der Waals surface area contributed by atoms with E-state index >= 15 is 0 Å². The molecule has 0 unspecified atom stereocenters. The van der Waals surface area contributed by atoms with Gasteiger partial charge >= 0.3 is 0 Å². The second kappa shape index (κ2) is 11.2. The van der Waals surface area contributed by atoms with Crippen molar-refractivity contribution >= 4 is 82.7 Å². The molecule has 0 aliphatic rings. The van der Waals surface area contributed by atoms with Crippen molar-refractivity contribution in [1.29, 1.82) is 0 Å². The van der Waals surface area contributed by atoms with Gasteiger partial charge in [0.2, 0.25) is 0 Å². The first-order valence-corrected chi connectivity index (χ1v) is 17.6. The molecule has 0 fully saturated rings. The van der Waals surface area contributed by atoms with Crippen LogP contribution in [0.1, 0.15) is 0 Å². The van der Waals surface area contributed by atoms with Crippen LogP contribution in [0.5, 0.6) is 0 Å². The molecule has 4 nitrogen and oxygen atoms in total. The molecule has 11 aromatic rings. The minimum absolute atomic E-state index is 0.861. The van der Waals surface area contributed by atoms with E-state index in [1.165, 1.54) is 16.3 Å². The van der Waals surface area contributed by atoms with Gasteiger partial charge in [0.1, 0.15) is 22.3 Å². The Bertz CT molecular complexity index is 3130. The van der Waals surface area contributed by atoms with Crippen LogP contribution in [0, 0.1) is 0 Å². The minimum Gasteiger partial charge on any atom is -0.456 e. The molecule has 0 radical (unpaired) electrons. The third-order valence-corrected chi connectivity index (χ3v) is 10.4. The molecule has 3 heterocycles. The molecule has 3 aromatic heterocycles. The molecule has 0 saturated carbocycles. The van der Waals surface area contributed by atoms with Crippen LogP contribution < -0.4 is 4.90 Å². The maximum absolute atomic E-state index is 6.75. The molecular weight excluding hydrogens is 637 g/mol. The number of rotatable bonds is 5. The minimum atomic E-state index is 0.861. The molecule has 0 bridgehead atoms. The van der Waals surface area contributed by atoms with Crippen LogP contribution in [0.15, 0.2) is 191 Å². The second-order valence-corrected chi connectivity index (χ2v) is 13.3. The van der Waals surface area contributed by atoms with Crippen LogP contribution in [0.4, 0.5) is 17.1 Å². The average Bonchev–Trinajstić information content (AvgIpc) is 3.88. The summed E-state index contributed by atoms with van der Waals surface area (Å²) in [5.74, 6) is 0. The maximum Gasteiger partial charge on any atom is 0.145 e. The molecule has 0 spiro atoms. The van der Waals surface area contributed by atoms with Crippen LogP contribution in [-0.2, 0) is 0 Å². The topological polar surface area (TPSA) is 34.5 Å². The highest BCUT2D eigenvalue weighted by atomic mass is 16.3. The number of aromatic nitrogens is 1. The highest BCUT2D eigenvalue weighted by Crippen LogP contribution is 2.48. The number of para-hydroxylation sites is 4. The van der Waals surface area contributed by atoms with E-state index < -0.39 is 0 Å². The predicted molar refractivity (Wildman–Crippen MR) is 215 cm³/mol. The number of fused-ring (bicyclic) bond motifs is 9. The summed E-state index contributed by atoms with van der Waals surface area (Å²) in [4.78, 5) is 2.38. The van der Waals surface area contributed by atoms with Gasteiger partial charge in [-0.2, -0.15) is 0 Å². The fourth-order valence-electron chi connectivity index (χ4n) is 8.08. The summed E-state index contributed by atoms with van der Waals surface area (Å²) in [5, 5.41) is 6.71. The van der Waals surface area contributed by atoms with E-state index in [2.05, 4.69) is 173 Å². The van der Waals surface area contributed by atoms with E-state index in [4.69, 9.17) is 8.83 Å². The molecule has 8 aromatic carbocycles. The lowest BCUT2D eigenvalue weighted by atomic mass is 9.99. The second-order valence-electron chi connectivity index (χ2n) is 13.3. The summed E-state index contributed by atoms with van der Waals surface area (Å²) in [6.07, 6.45) is 0. The summed E-state index contributed by atoms with van der Waals surface area (Å²) in [7, 11) is 0. The van der Waals surface area contributed by atoms with E-state index in [0.29, 0.717) is 0 Å². The predicted octanol–water partition coefficient (Wildman–Crippen LogP) is 13.7. The highest BCUT2D eigenvalue weighted by Gasteiger charge is 2.24. The molecule has 52 heavy (non-hydrogen) atoms. The third-order valence-electron chi connectivity index (χ3n) is 10.4. The fraction of sp³-hybridized carbons (Fsp3) is 0. The lowest BCUT2D eigenvalue weighted by Gasteiger charge is -2.27. The number of hydrogen-bond donors (Lipinski definition) is 0. The summed E-state index contributed by atoms with van der Waals surface area (Å²) in [6.45, 7) is 0. The molecule has 0 amide bonds. The van der Waals surface area contributed by atoms with Crippen LogP contribution in [0.2, 0.25) is 0 Å². The lowest BCUT2D eigenvalue weighted by molar-refractivity contribution is 0.669. The van der Waals surface area contributed by atoms with Gasteiger partial charge in [-0.1, -0.05) is 103 Å². The largest absolute Gasteiger partial charge is 0.456 e. The first kappa shape index (κ1) is 28.8. The van der Waals surface area contributed by atoms with Crippen molar-refractivity contribution in [2.24, 2.45) is 0 Å².